The van der Waals surface area contributed by atoms with Crippen molar-refractivity contribution in [2.24, 2.45) is 0 Å². The first-order valence-corrected chi connectivity index (χ1v) is 10.4. The molecule has 1 unspecified atom stereocenters. The summed E-state index contributed by atoms with van der Waals surface area (Å²) in [5.74, 6) is -0.953. The average Bonchev–Trinajstić information content (AvgIpc) is 2.70. The van der Waals surface area contributed by atoms with E-state index in [0.717, 1.165) is 22.4 Å². The number of nitrogens with zero attached hydrogens (tertiary/aromatic N) is 2. The lowest BCUT2D eigenvalue weighted by atomic mass is 9.79. The van der Waals surface area contributed by atoms with Gasteiger partial charge >= 0.3 is 6.03 Å². The van der Waals surface area contributed by atoms with E-state index in [1.54, 1.807) is 36.4 Å². The summed E-state index contributed by atoms with van der Waals surface area (Å²) in [5.41, 5.74) is 4.55. The predicted molar refractivity (Wildman–Crippen MR) is 122 cm³/mol. The van der Waals surface area contributed by atoms with E-state index in [1.807, 2.05) is 6.92 Å². The molecule has 2 aliphatic rings. The Kier molecular flexibility index (Phi) is 4.96. The molecule has 2 aliphatic heterocycles. The van der Waals surface area contributed by atoms with Crippen LogP contribution < -0.4 is 15.1 Å². The fourth-order valence-corrected chi connectivity index (χ4v) is 4.51. The summed E-state index contributed by atoms with van der Waals surface area (Å²) in [5, 5.41) is 2.29. The SMILES string of the molecule is Cc1cc2c(cc1/C=C1/C(=O)NC(=O)N(c3ccccc3)C1=O)C(C)CC(C)(C)N2C. The maximum Gasteiger partial charge on any atom is 0.335 e. The molecule has 0 radical (unpaired) electrons. The Morgan fingerprint density at radius 2 is 1.77 bits per heavy atom. The van der Waals surface area contributed by atoms with Crippen LogP contribution in [0.3, 0.4) is 0 Å². The second-order valence-electron chi connectivity index (χ2n) is 9.04. The van der Waals surface area contributed by atoms with Crippen molar-refractivity contribution in [1.82, 2.24) is 5.32 Å². The number of carbonyl (C=O) groups excluding carboxylic acids is 3. The lowest BCUT2D eigenvalue weighted by molar-refractivity contribution is -0.122. The second kappa shape index (κ2) is 7.38. The number of para-hydroxylation sites is 1. The van der Waals surface area contributed by atoms with E-state index >= 15 is 0 Å². The molecule has 2 aromatic carbocycles. The van der Waals surface area contributed by atoms with E-state index < -0.39 is 17.8 Å². The summed E-state index contributed by atoms with van der Waals surface area (Å²) in [6, 6.07) is 12.0. The monoisotopic (exact) mass is 417 g/mol. The number of amides is 4. The molecule has 2 aromatic rings. The summed E-state index contributed by atoms with van der Waals surface area (Å²) in [6.07, 6.45) is 2.60. The van der Waals surface area contributed by atoms with Gasteiger partial charge in [-0.2, -0.15) is 0 Å². The largest absolute Gasteiger partial charge is 0.369 e. The zero-order chi connectivity index (χ0) is 22.5. The van der Waals surface area contributed by atoms with Gasteiger partial charge in [-0.1, -0.05) is 25.1 Å². The summed E-state index contributed by atoms with van der Waals surface area (Å²) in [7, 11) is 2.10. The molecule has 1 fully saturated rings. The van der Waals surface area contributed by atoms with Crippen molar-refractivity contribution in [3.05, 3.63) is 64.7 Å². The second-order valence-corrected chi connectivity index (χ2v) is 9.04. The normalized spacial score (nSPS) is 21.9. The molecule has 2 heterocycles. The molecule has 1 N–H and O–H groups in total. The van der Waals surface area contributed by atoms with E-state index in [-0.39, 0.29) is 11.1 Å². The number of hydrogen-bond donors (Lipinski definition) is 1. The van der Waals surface area contributed by atoms with Crippen LogP contribution in [0.1, 0.15) is 49.8 Å². The minimum atomic E-state index is -0.738. The minimum absolute atomic E-state index is 0.0502. The van der Waals surface area contributed by atoms with Gasteiger partial charge in [-0.15, -0.1) is 0 Å². The molecule has 1 saturated heterocycles. The van der Waals surface area contributed by atoms with Crippen LogP contribution in [-0.2, 0) is 9.59 Å². The molecule has 1 atom stereocenters. The number of fused-ring (bicyclic) bond motifs is 1. The third kappa shape index (κ3) is 3.52. The first-order valence-electron chi connectivity index (χ1n) is 10.4. The third-order valence-corrected chi connectivity index (χ3v) is 6.44. The molecule has 0 aromatic heterocycles. The number of hydrogen-bond acceptors (Lipinski definition) is 4. The third-order valence-electron chi connectivity index (χ3n) is 6.44. The Morgan fingerprint density at radius 1 is 1.10 bits per heavy atom. The summed E-state index contributed by atoms with van der Waals surface area (Å²) >= 11 is 0. The number of nitrogens with one attached hydrogen (secondary N) is 1. The Balaban J connectivity index is 1.78. The van der Waals surface area contributed by atoms with Crippen molar-refractivity contribution in [1.29, 1.82) is 0 Å². The van der Waals surface area contributed by atoms with Crippen molar-refractivity contribution in [2.75, 3.05) is 16.8 Å². The first kappa shape index (κ1) is 20.8. The molecule has 0 spiro atoms. The number of barbiturate groups is 1. The van der Waals surface area contributed by atoms with Gasteiger partial charge in [0.25, 0.3) is 11.8 Å². The van der Waals surface area contributed by atoms with Crippen LogP contribution >= 0.6 is 0 Å². The van der Waals surface area contributed by atoms with Gasteiger partial charge in [0.2, 0.25) is 0 Å². The molecule has 0 aliphatic carbocycles. The Hall–Kier alpha value is -3.41. The Bertz CT molecular complexity index is 1120. The van der Waals surface area contributed by atoms with Gasteiger partial charge in [-0.25, -0.2) is 9.69 Å². The number of benzene rings is 2. The molecular formula is C25H27N3O3. The fraction of sp³-hybridized carbons (Fsp3) is 0.320. The number of rotatable bonds is 2. The summed E-state index contributed by atoms with van der Waals surface area (Å²) in [4.78, 5) is 41.3. The van der Waals surface area contributed by atoms with Gasteiger partial charge < -0.3 is 4.90 Å². The summed E-state index contributed by atoms with van der Waals surface area (Å²) < 4.78 is 0. The number of aryl methyl sites for hydroxylation is 1. The van der Waals surface area contributed by atoms with E-state index in [0.29, 0.717) is 11.6 Å². The Morgan fingerprint density at radius 3 is 2.45 bits per heavy atom. The minimum Gasteiger partial charge on any atom is -0.369 e. The van der Waals surface area contributed by atoms with E-state index in [4.69, 9.17) is 0 Å². The first-order chi connectivity index (χ1) is 14.6. The zero-order valence-electron chi connectivity index (χ0n) is 18.5. The Labute approximate surface area is 182 Å². The van der Waals surface area contributed by atoms with Crippen LogP contribution in [0.4, 0.5) is 16.2 Å². The maximum absolute atomic E-state index is 13.1. The molecule has 31 heavy (non-hydrogen) atoms. The van der Waals surface area contributed by atoms with E-state index in [2.05, 4.69) is 50.2 Å². The number of imide groups is 2. The average molecular weight is 418 g/mol. The predicted octanol–water partition coefficient (Wildman–Crippen LogP) is 4.38. The molecule has 6 nitrogen and oxygen atoms in total. The van der Waals surface area contributed by atoms with E-state index in [9.17, 15) is 14.4 Å². The highest BCUT2D eigenvalue weighted by atomic mass is 16.2. The van der Waals surface area contributed by atoms with Gasteiger partial charge in [0.05, 0.1) is 5.69 Å². The van der Waals surface area contributed by atoms with Crippen LogP contribution in [-0.4, -0.2) is 30.4 Å². The number of carbonyl (C=O) groups is 3. The maximum atomic E-state index is 13.1. The van der Waals surface area contributed by atoms with Crippen molar-refractivity contribution < 1.29 is 14.4 Å². The lowest BCUT2D eigenvalue weighted by Gasteiger charge is -2.45. The van der Waals surface area contributed by atoms with Crippen molar-refractivity contribution in [3.63, 3.8) is 0 Å². The molecule has 0 bridgehead atoms. The molecule has 6 heteroatoms. The lowest BCUT2D eigenvalue weighted by Crippen LogP contribution is -2.54. The highest BCUT2D eigenvalue weighted by Crippen LogP contribution is 2.43. The standard InChI is InChI=1S/C25H27N3O3/c1-15-11-21-19(16(2)14-25(3,4)27(21)5)12-17(15)13-20-22(29)26-24(31)28(23(20)30)18-9-7-6-8-10-18/h6-13,16H,14H2,1-5H3,(H,26,29,31)/b20-13-. The van der Waals surface area contributed by atoms with Crippen LogP contribution in [0.15, 0.2) is 48.0 Å². The highest BCUT2D eigenvalue weighted by molar-refractivity contribution is 6.39. The zero-order valence-corrected chi connectivity index (χ0v) is 18.5. The van der Waals surface area contributed by atoms with Crippen LogP contribution in [0.2, 0.25) is 0 Å². The quantitative estimate of drug-likeness (QED) is 0.581. The van der Waals surface area contributed by atoms with Gasteiger partial charge in [0, 0.05) is 18.3 Å². The van der Waals surface area contributed by atoms with Gasteiger partial charge in [0.15, 0.2) is 0 Å². The fourth-order valence-electron chi connectivity index (χ4n) is 4.51. The molecule has 4 amide bonds. The van der Waals surface area contributed by atoms with Crippen LogP contribution in [0, 0.1) is 6.92 Å². The van der Waals surface area contributed by atoms with Crippen LogP contribution in [0.25, 0.3) is 6.08 Å². The van der Waals surface area contributed by atoms with E-state index in [1.165, 1.54) is 11.3 Å². The van der Waals surface area contributed by atoms with Gasteiger partial charge in [-0.05, 0) is 80.1 Å². The van der Waals surface area contributed by atoms with Gasteiger partial charge in [0.1, 0.15) is 5.57 Å². The molecule has 160 valence electrons. The number of urea groups is 1. The van der Waals surface area contributed by atoms with Gasteiger partial charge in [-0.3, -0.25) is 14.9 Å². The topological polar surface area (TPSA) is 69.7 Å². The number of anilines is 2. The molecular weight excluding hydrogens is 390 g/mol. The van der Waals surface area contributed by atoms with Crippen molar-refractivity contribution >= 4 is 35.3 Å². The van der Waals surface area contributed by atoms with Crippen LogP contribution in [0.5, 0.6) is 0 Å². The molecule has 4 rings (SSSR count). The highest BCUT2D eigenvalue weighted by Gasteiger charge is 2.37. The summed E-state index contributed by atoms with van der Waals surface area (Å²) in [6.45, 7) is 8.64. The smallest absolute Gasteiger partial charge is 0.335 e. The molecule has 0 saturated carbocycles. The van der Waals surface area contributed by atoms with Crippen molar-refractivity contribution in [3.8, 4) is 0 Å². The van der Waals surface area contributed by atoms with Crippen molar-refractivity contribution in [2.45, 2.75) is 45.6 Å².